The van der Waals surface area contributed by atoms with Gasteiger partial charge in [0.15, 0.2) is 11.9 Å². The third-order valence-corrected chi connectivity index (χ3v) is 2.56. The van der Waals surface area contributed by atoms with E-state index in [0.29, 0.717) is 5.33 Å². The normalized spacial score (nSPS) is 12.2. The number of Topliss-reactive ketones (excluding diaryl/α,β-unsaturated/α-hetero) is 1. The number of rotatable bonds is 5. The highest BCUT2D eigenvalue weighted by Gasteiger charge is 2.19. The van der Waals surface area contributed by atoms with Gasteiger partial charge in [-0.2, -0.15) is 0 Å². The highest BCUT2D eigenvalue weighted by Crippen LogP contribution is 2.19. The predicted octanol–water partition coefficient (Wildman–Crippen LogP) is 1.91. The maximum absolute atomic E-state index is 13.3. The van der Waals surface area contributed by atoms with Gasteiger partial charge in [0.25, 0.3) is 0 Å². The number of carboxylic acids is 1. The van der Waals surface area contributed by atoms with E-state index in [2.05, 4.69) is 15.9 Å². The van der Waals surface area contributed by atoms with Crippen LogP contribution in [-0.4, -0.2) is 27.3 Å². The number of aliphatic hydroxyl groups is 1. The average molecular weight is 305 g/mol. The van der Waals surface area contributed by atoms with E-state index in [4.69, 9.17) is 5.11 Å². The largest absolute Gasteiger partial charge is 0.479 e. The fourth-order valence-corrected chi connectivity index (χ4v) is 1.65. The number of hydrogen-bond acceptors (Lipinski definition) is 3. The lowest BCUT2D eigenvalue weighted by Crippen LogP contribution is -2.12. The molecule has 17 heavy (non-hydrogen) atoms. The first-order valence-electron chi connectivity index (χ1n) is 4.77. The van der Waals surface area contributed by atoms with E-state index in [1.54, 1.807) is 0 Å². The Morgan fingerprint density at radius 3 is 2.59 bits per heavy atom. The molecule has 0 aliphatic carbocycles. The molecule has 6 heteroatoms. The van der Waals surface area contributed by atoms with Crippen molar-refractivity contribution in [3.8, 4) is 0 Å². The second-order valence-corrected chi connectivity index (χ2v) is 4.14. The van der Waals surface area contributed by atoms with Gasteiger partial charge in [-0.05, 0) is 17.7 Å². The van der Waals surface area contributed by atoms with E-state index in [1.807, 2.05) is 0 Å². The first kappa shape index (κ1) is 13.8. The quantitative estimate of drug-likeness (QED) is 0.644. The minimum atomic E-state index is -1.76. The lowest BCUT2D eigenvalue weighted by molar-refractivity contribution is -0.146. The van der Waals surface area contributed by atoms with Gasteiger partial charge in [0.05, 0.1) is 5.56 Å². The molecule has 0 saturated carbocycles. The molecule has 0 heterocycles. The molecule has 0 fully saturated rings. The summed E-state index contributed by atoms with van der Waals surface area (Å²) in [6, 6.07) is 3.18. The smallest absolute Gasteiger partial charge is 0.337 e. The number of halogens is 2. The molecule has 0 aliphatic rings. The summed E-state index contributed by atoms with van der Waals surface area (Å²) in [7, 11) is 0. The van der Waals surface area contributed by atoms with E-state index in [-0.39, 0.29) is 17.5 Å². The van der Waals surface area contributed by atoms with Crippen LogP contribution in [0.1, 0.15) is 28.4 Å². The SMILES string of the molecule is O=C(CCBr)c1cc(C(O)C(=O)O)ccc1F. The number of carbonyl (C=O) groups is 2. The first-order valence-corrected chi connectivity index (χ1v) is 5.89. The van der Waals surface area contributed by atoms with Crippen molar-refractivity contribution in [1.82, 2.24) is 0 Å². The van der Waals surface area contributed by atoms with Crippen molar-refractivity contribution in [3.63, 3.8) is 0 Å². The minimum absolute atomic E-state index is 0.0168. The number of aliphatic carboxylic acids is 1. The summed E-state index contributed by atoms with van der Waals surface area (Å²) in [6.07, 6.45) is -1.66. The summed E-state index contributed by atoms with van der Waals surface area (Å²) in [5, 5.41) is 18.3. The fourth-order valence-electron chi connectivity index (χ4n) is 1.29. The summed E-state index contributed by atoms with van der Waals surface area (Å²) in [5.41, 5.74) is -0.223. The van der Waals surface area contributed by atoms with Gasteiger partial charge in [-0.1, -0.05) is 22.0 Å². The molecule has 2 N–H and O–H groups in total. The third kappa shape index (κ3) is 3.34. The van der Waals surface area contributed by atoms with Crippen molar-refractivity contribution in [1.29, 1.82) is 0 Å². The Morgan fingerprint density at radius 2 is 2.06 bits per heavy atom. The Bertz CT molecular complexity index is 447. The van der Waals surface area contributed by atoms with Gasteiger partial charge in [0.1, 0.15) is 5.82 Å². The Kier molecular flexibility index (Phi) is 4.77. The van der Waals surface area contributed by atoms with Gasteiger partial charge in [-0.15, -0.1) is 0 Å². The van der Waals surface area contributed by atoms with Crippen LogP contribution in [0.15, 0.2) is 18.2 Å². The third-order valence-electron chi connectivity index (χ3n) is 2.16. The molecule has 0 aliphatic heterocycles. The summed E-state index contributed by atoms with van der Waals surface area (Å²) >= 11 is 3.06. The van der Waals surface area contributed by atoms with Crippen LogP contribution in [0.3, 0.4) is 0 Å². The summed E-state index contributed by atoms with van der Waals surface area (Å²) in [5.74, 6) is -2.62. The Labute approximate surface area is 105 Å². The van der Waals surface area contributed by atoms with Crippen molar-refractivity contribution in [2.24, 2.45) is 0 Å². The van der Waals surface area contributed by atoms with Crippen LogP contribution in [0.5, 0.6) is 0 Å². The molecule has 1 unspecified atom stereocenters. The van der Waals surface area contributed by atoms with E-state index in [0.717, 1.165) is 18.2 Å². The molecule has 0 radical (unpaired) electrons. The number of hydrogen-bond donors (Lipinski definition) is 2. The molecule has 1 atom stereocenters. The molecule has 1 aromatic carbocycles. The van der Waals surface area contributed by atoms with E-state index >= 15 is 0 Å². The molecular weight excluding hydrogens is 295 g/mol. The zero-order valence-corrected chi connectivity index (χ0v) is 10.3. The van der Waals surface area contributed by atoms with Gasteiger partial charge < -0.3 is 10.2 Å². The van der Waals surface area contributed by atoms with E-state index in [9.17, 15) is 19.1 Å². The summed E-state index contributed by atoms with van der Waals surface area (Å²) in [6.45, 7) is 0. The molecule has 1 aromatic rings. The number of aliphatic hydroxyl groups excluding tert-OH is 1. The summed E-state index contributed by atoms with van der Waals surface area (Å²) in [4.78, 5) is 22.1. The summed E-state index contributed by atoms with van der Waals surface area (Å²) < 4.78 is 13.3. The molecule has 0 bridgehead atoms. The Balaban J connectivity index is 3.10. The first-order chi connectivity index (χ1) is 7.97. The van der Waals surface area contributed by atoms with Crippen molar-refractivity contribution < 1.29 is 24.2 Å². The molecule has 0 saturated heterocycles. The lowest BCUT2D eigenvalue weighted by Gasteiger charge is -2.08. The van der Waals surface area contributed by atoms with Crippen LogP contribution >= 0.6 is 15.9 Å². The van der Waals surface area contributed by atoms with Crippen molar-refractivity contribution >= 4 is 27.7 Å². The Hall–Kier alpha value is -1.27. The van der Waals surface area contributed by atoms with Gasteiger partial charge in [0, 0.05) is 11.8 Å². The molecule has 0 amide bonds. The zero-order chi connectivity index (χ0) is 13.0. The maximum atomic E-state index is 13.3. The van der Waals surface area contributed by atoms with Gasteiger partial charge in [0.2, 0.25) is 0 Å². The molecule has 0 aromatic heterocycles. The standard InChI is InChI=1S/C11H10BrFO4/c12-4-3-9(14)7-5-6(1-2-8(7)13)10(15)11(16)17/h1-2,5,10,15H,3-4H2,(H,16,17). The topological polar surface area (TPSA) is 74.6 Å². The van der Waals surface area contributed by atoms with Crippen molar-refractivity contribution in [2.75, 3.05) is 5.33 Å². The average Bonchev–Trinajstić information content (AvgIpc) is 2.28. The van der Waals surface area contributed by atoms with Crippen LogP contribution in [0, 0.1) is 5.82 Å². The molecule has 0 spiro atoms. The predicted molar refractivity (Wildman–Crippen MR) is 61.7 cm³/mol. The van der Waals surface area contributed by atoms with Gasteiger partial charge >= 0.3 is 5.97 Å². The van der Waals surface area contributed by atoms with Crippen LogP contribution in [0.4, 0.5) is 4.39 Å². The van der Waals surface area contributed by atoms with Crippen LogP contribution in [0.25, 0.3) is 0 Å². The highest BCUT2D eigenvalue weighted by atomic mass is 79.9. The van der Waals surface area contributed by atoms with E-state index < -0.39 is 23.7 Å². The monoisotopic (exact) mass is 304 g/mol. The molecule has 1 rings (SSSR count). The highest BCUT2D eigenvalue weighted by molar-refractivity contribution is 9.09. The van der Waals surface area contributed by atoms with Gasteiger partial charge in [-0.3, -0.25) is 4.79 Å². The van der Waals surface area contributed by atoms with Crippen LogP contribution in [0.2, 0.25) is 0 Å². The van der Waals surface area contributed by atoms with E-state index in [1.165, 1.54) is 0 Å². The lowest BCUT2D eigenvalue weighted by atomic mass is 10.0. The number of ketones is 1. The maximum Gasteiger partial charge on any atom is 0.337 e. The van der Waals surface area contributed by atoms with Crippen molar-refractivity contribution in [3.05, 3.63) is 35.1 Å². The molecule has 4 nitrogen and oxygen atoms in total. The second kappa shape index (κ2) is 5.88. The molecule has 92 valence electrons. The Morgan fingerprint density at radius 1 is 1.41 bits per heavy atom. The van der Waals surface area contributed by atoms with Crippen molar-refractivity contribution in [2.45, 2.75) is 12.5 Å². The second-order valence-electron chi connectivity index (χ2n) is 3.34. The number of carboxylic acid groups (broad SMARTS) is 1. The van der Waals surface area contributed by atoms with Crippen LogP contribution in [-0.2, 0) is 4.79 Å². The van der Waals surface area contributed by atoms with Crippen LogP contribution < -0.4 is 0 Å². The fraction of sp³-hybridized carbons (Fsp3) is 0.273. The van der Waals surface area contributed by atoms with Gasteiger partial charge in [-0.25, -0.2) is 9.18 Å². The number of alkyl halides is 1. The zero-order valence-electron chi connectivity index (χ0n) is 8.69. The number of carbonyl (C=O) groups excluding carboxylic acids is 1. The number of benzene rings is 1. The minimum Gasteiger partial charge on any atom is -0.479 e. The molecular formula is C11H10BrFO4.